The Morgan fingerprint density at radius 2 is 1.19 bits per heavy atom. The molecule has 1 aromatic rings. The zero-order valence-corrected chi connectivity index (χ0v) is 14.3. The summed E-state index contributed by atoms with van der Waals surface area (Å²) in [7, 11) is 0. The van der Waals surface area contributed by atoms with Crippen molar-refractivity contribution in [2.45, 2.75) is 47.5 Å². The minimum absolute atomic E-state index is 0.120. The molecule has 0 unspecified atom stereocenters. The fraction of sp³-hybridized carbons (Fsp3) is 0.429. The molecule has 1 aliphatic carbocycles. The van der Waals surface area contributed by atoms with Crippen LogP contribution in [0.1, 0.15) is 53.0 Å². The average Bonchev–Trinajstić information content (AvgIpc) is 2.37. The Morgan fingerprint density at radius 1 is 0.762 bits per heavy atom. The monoisotopic (exact) mass is 280 g/mol. The second kappa shape index (κ2) is 5.33. The van der Waals surface area contributed by atoms with Crippen LogP contribution < -0.4 is 0 Å². The number of benzene rings is 1. The third kappa shape index (κ3) is 3.37. The average molecular weight is 280 g/mol. The van der Waals surface area contributed by atoms with Crippen LogP contribution in [-0.4, -0.2) is 0 Å². The zero-order valence-electron chi connectivity index (χ0n) is 14.3. The lowest BCUT2D eigenvalue weighted by Crippen LogP contribution is -2.22. The van der Waals surface area contributed by atoms with Crippen molar-refractivity contribution < 1.29 is 0 Å². The predicted octanol–water partition coefficient (Wildman–Crippen LogP) is 6.29. The van der Waals surface area contributed by atoms with Crippen LogP contribution in [-0.2, 0) is 0 Å². The molecule has 112 valence electrons. The minimum Gasteiger partial charge on any atom is -0.0912 e. The van der Waals surface area contributed by atoms with Crippen molar-refractivity contribution in [2.75, 3.05) is 0 Å². The van der Waals surface area contributed by atoms with Crippen LogP contribution in [0.2, 0.25) is 0 Å². The van der Waals surface area contributed by atoms with E-state index in [1.807, 2.05) is 0 Å². The highest BCUT2D eigenvalue weighted by Crippen LogP contribution is 2.46. The second-order valence-electron chi connectivity index (χ2n) is 8.08. The maximum absolute atomic E-state index is 4.40. The molecule has 0 spiro atoms. The number of hydrogen-bond acceptors (Lipinski definition) is 0. The van der Waals surface area contributed by atoms with E-state index in [1.165, 1.54) is 22.3 Å². The van der Waals surface area contributed by atoms with E-state index in [-0.39, 0.29) is 10.8 Å². The molecule has 0 atom stereocenters. The Bertz CT molecular complexity index is 549. The van der Waals surface area contributed by atoms with Gasteiger partial charge in [0, 0.05) is 5.92 Å². The molecule has 1 aliphatic rings. The molecule has 21 heavy (non-hydrogen) atoms. The van der Waals surface area contributed by atoms with Crippen LogP contribution in [0, 0.1) is 10.8 Å². The number of hydrogen-bond donors (Lipinski definition) is 0. The maximum Gasteiger partial charge on any atom is 0.0210 e. The van der Waals surface area contributed by atoms with Gasteiger partial charge in [0.25, 0.3) is 0 Å². The van der Waals surface area contributed by atoms with Gasteiger partial charge in [-0.2, -0.15) is 0 Å². The van der Waals surface area contributed by atoms with E-state index in [9.17, 15) is 0 Å². The Hall–Kier alpha value is -1.56. The van der Waals surface area contributed by atoms with E-state index >= 15 is 0 Å². The standard InChI is InChI=1S/C21H28/c1-15-18(20(2,3)4)13-17(14-19(15)21(5,6)7)16-11-9-8-10-12-16/h8-14,17H,1H2,2-7H3. The fourth-order valence-corrected chi connectivity index (χ4v) is 3.03. The summed E-state index contributed by atoms with van der Waals surface area (Å²) in [4.78, 5) is 0. The molecule has 2 rings (SSSR count). The summed E-state index contributed by atoms with van der Waals surface area (Å²) in [6, 6.07) is 10.7. The van der Waals surface area contributed by atoms with Gasteiger partial charge in [-0.1, -0.05) is 90.6 Å². The first kappa shape index (κ1) is 15.8. The molecule has 0 aromatic heterocycles. The van der Waals surface area contributed by atoms with Gasteiger partial charge in [0.15, 0.2) is 0 Å². The van der Waals surface area contributed by atoms with Crippen LogP contribution in [0.25, 0.3) is 0 Å². The summed E-state index contributed by atoms with van der Waals surface area (Å²) in [5.41, 5.74) is 5.56. The molecule has 0 saturated heterocycles. The first-order chi connectivity index (χ1) is 9.60. The minimum atomic E-state index is 0.120. The Labute approximate surface area is 130 Å². The molecule has 0 N–H and O–H groups in total. The van der Waals surface area contributed by atoms with Crippen molar-refractivity contribution >= 4 is 0 Å². The molecule has 0 fully saturated rings. The van der Waals surface area contributed by atoms with Crippen molar-refractivity contribution in [3.05, 3.63) is 71.3 Å². The van der Waals surface area contributed by atoms with Gasteiger partial charge < -0.3 is 0 Å². The van der Waals surface area contributed by atoms with E-state index in [4.69, 9.17) is 0 Å². The largest absolute Gasteiger partial charge is 0.0912 e. The van der Waals surface area contributed by atoms with Gasteiger partial charge in [0.1, 0.15) is 0 Å². The first-order valence-electron chi connectivity index (χ1n) is 7.80. The van der Waals surface area contributed by atoms with Gasteiger partial charge >= 0.3 is 0 Å². The molecule has 0 saturated carbocycles. The van der Waals surface area contributed by atoms with Gasteiger partial charge in [-0.15, -0.1) is 0 Å². The Morgan fingerprint density at radius 3 is 1.57 bits per heavy atom. The predicted molar refractivity (Wildman–Crippen MR) is 93.4 cm³/mol. The summed E-state index contributed by atoms with van der Waals surface area (Å²) in [6.07, 6.45) is 4.79. The van der Waals surface area contributed by atoms with E-state index in [0.29, 0.717) is 5.92 Å². The van der Waals surface area contributed by atoms with Crippen molar-refractivity contribution in [1.29, 1.82) is 0 Å². The van der Waals surface area contributed by atoms with Crippen molar-refractivity contribution in [3.63, 3.8) is 0 Å². The number of rotatable bonds is 1. The number of allylic oxidation sites excluding steroid dienone is 5. The molecule has 0 heterocycles. The SMILES string of the molecule is C=C1C(C(C)(C)C)=CC(c2ccccc2)C=C1C(C)(C)C. The molecule has 0 heteroatoms. The van der Waals surface area contributed by atoms with Gasteiger partial charge in [-0.3, -0.25) is 0 Å². The van der Waals surface area contributed by atoms with E-state index in [2.05, 4.69) is 90.6 Å². The third-order valence-electron chi connectivity index (χ3n) is 4.14. The molecule has 0 radical (unpaired) electrons. The highest BCUT2D eigenvalue weighted by Gasteiger charge is 2.31. The molecule has 1 aromatic carbocycles. The van der Waals surface area contributed by atoms with Gasteiger partial charge in [-0.05, 0) is 33.1 Å². The summed E-state index contributed by atoms with van der Waals surface area (Å²) in [5, 5.41) is 0. The lowest BCUT2D eigenvalue weighted by atomic mass is 9.68. The third-order valence-corrected chi connectivity index (χ3v) is 4.14. The van der Waals surface area contributed by atoms with E-state index in [1.54, 1.807) is 0 Å². The molecular formula is C21H28. The molecule has 0 aliphatic heterocycles. The highest BCUT2D eigenvalue weighted by atomic mass is 14.4. The van der Waals surface area contributed by atoms with Crippen LogP contribution >= 0.6 is 0 Å². The topological polar surface area (TPSA) is 0 Å². The Balaban J connectivity index is 2.56. The second-order valence-corrected chi connectivity index (χ2v) is 8.08. The van der Waals surface area contributed by atoms with Crippen LogP contribution in [0.15, 0.2) is 65.8 Å². The van der Waals surface area contributed by atoms with Crippen LogP contribution in [0.5, 0.6) is 0 Å². The van der Waals surface area contributed by atoms with Crippen LogP contribution in [0.4, 0.5) is 0 Å². The molecule has 0 amide bonds. The van der Waals surface area contributed by atoms with Crippen LogP contribution in [0.3, 0.4) is 0 Å². The lowest BCUT2D eigenvalue weighted by molar-refractivity contribution is 0.475. The normalized spacial score (nSPS) is 17.5. The first-order valence-corrected chi connectivity index (χ1v) is 7.80. The van der Waals surface area contributed by atoms with E-state index in [0.717, 1.165) is 0 Å². The summed E-state index contributed by atoms with van der Waals surface area (Å²) in [5.74, 6) is 0.347. The molecule has 0 nitrogen and oxygen atoms in total. The summed E-state index contributed by atoms with van der Waals surface area (Å²) >= 11 is 0. The van der Waals surface area contributed by atoms with E-state index < -0.39 is 0 Å². The quantitative estimate of drug-likeness (QED) is 0.567. The van der Waals surface area contributed by atoms with Crippen molar-refractivity contribution in [2.24, 2.45) is 10.8 Å². The van der Waals surface area contributed by atoms with Gasteiger partial charge in [0.05, 0.1) is 0 Å². The van der Waals surface area contributed by atoms with Gasteiger partial charge in [-0.25, -0.2) is 0 Å². The van der Waals surface area contributed by atoms with Gasteiger partial charge in [0.2, 0.25) is 0 Å². The fourth-order valence-electron chi connectivity index (χ4n) is 3.03. The molecular weight excluding hydrogens is 252 g/mol. The zero-order chi connectivity index (χ0) is 15.8. The smallest absolute Gasteiger partial charge is 0.0210 e. The maximum atomic E-state index is 4.40. The Kier molecular flexibility index (Phi) is 4.02. The van der Waals surface area contributed by atoms with Crippen molar-refractivity contribution in [1.82, 2.24) is 0 Å². The molecule has 0 bridgehead atoms. The summed E-state index contributed by atoms with van der Waals surface area (Å²) in [6.45, 7) is 18.1. The highest BCUT2D eigenvalue weighted by molar-refractivity contribution is 5.56. The summed E-state index contributed by atoms with van der Waals surface area (Å²) < 4.78 is 0. The van der Waals surface area contributed by atoms with Crippen molar-refractivity contribution in [3.8, 4) is 0 Å². The lowest BCUT2D eigenvalue weighted by Gasteiger charge is -2.36.